The fourth-order valence-corrected chi connectivity index (χ4v) is 4.53. The first-order chi connectivity index (χ1) is 16.5. The van der Waals surface area contributed by atoms with Gasteiger partial charge in [-0.25, -0.2) is 8.42 Å². The summed E-state index contributed by atoms with van der Waals surface area (Å²) in [4.78, 5) is 35.0. The number of aliphatic carboxylic acids is 2. The number of carboxylic acid groups (broad SMARTS) is 2. The van der Waals surface area contributed by atoms with E-state index >= 15 is 0 Å². The van der Waals surface area contributed by atoms with Crippen molar-refractivity contribution in [2.24, 2.45) is 5.92 Å². The van der Waals surface area contributed by atoms with Gasteiger partial charge in [0.2, 0.25) is 0 Å². The van der Waals surface area contributed by atoms with Gasteiger partial charge in [-0.15, -0.1) is 0 Å². The molecule has 12 heteroatoms. The first-order valence-electron chi connectivity index (χ1n) is 9.90. The molecule has 0 aliphatic rings. The van der Waals surface area contributed by atoms with Crippen LogP contribution in [0.3, 0.4) is 0 Å². The van der Waals surface area contributed by atoms with Crippen LogP contribution in [0.4, 0.5) is 11.4 Å². The van der Waals surface area contributed by atoms with E-state index in [4.69, 9.17) is 33.4 Å². The molecule has 0 bridgehead atoms. The number of rotatable bonds is 9. The van der Waals surface area contributed by atoms with Crippen LogP contribution < -0.4 is 10.0 Å². The SMILES string of the molecule is O=C(Nc1ccc(Cl)cc1)c1cc(Cl)ccc1NS(=O)(=O)c1cccc(CC(C(=O)O)C(=O)O)c1. The molecule has 4 N–H and O–H groups in total. The molecule has 3 aromatic rings. The Balaban J connectivity index is 1.88. The quantitative estimate of drug-likeness (QED) is 0.296. The average Bonchev–Trinajstić information content (AvgIpc) is 2.79. The standard InChI is InChI=1S/C23H18Cl2N2O7S/c24-14-4-7-16(8-5-14)26-21(28)18-12-15(25)6-9-20(18)27-35(33,34)17-3-1-2-13(10-17)11-19(22(29)30)23(31)32/h1-10,12,19,27H,11H2,(H,26,28)(H,29,30)(H,31,32). The van der Waals surface area contributed by atoms with E-state index in [-0.39, 0.29) is 26.7 Å². The number of carbonyl (C=O) groups excluding carboxylic acids is 1. The summed E-state index contributed by atoms with van der Waals surface area (Å²) in [6.07, 6.45) is -0.413. The first kappa shape index (κ1) is 26.0. The van der Waals surface area contributed by atoms with Crippen molar-refractivity contribution in [2.75, 3.05) is 10.0 Å². The molecule has 0 spiro atoms. The molecule has 0 saturated carbocycles. The number of hydrogen-bond acceptors (Lipinski definition) is 5. The maximum Gasteiger partial charge on any atom is 0.318 e. The fourth-order valence-electron chi connectivity index (χ4n) is 3.08. The molecular formula is C23H18Cl2N2O7S. The van der Waals surface area contributed by atoms with E-state index in [1.165, 1.54) is 42.5 Å². The maximum atomic E-state index is 13.0. The highest BCUT2D eigenvalue weighted by molar-refractivity contribution is 7.92. The van der Waals surface area contributed by atoms with Crippen LogP contribution in [0.5, 0.6) is 0 Å². The number of hydrogen-bond donors (Lipinski definition) is 4. The Bertz CT molecular complexity index is 1380. The molecular weight excluding hydrogens is 519 g/mol. The highest BCUT2D eigenvalue weighted by atomic mass is 35.5. The Morgan fingerprint density at radius 3 is 2.11 bits per heavy atom. The number of nitrogens with one attached hydrogen (secondary N) is 2. The van der Waals surface area contributed by atoms with Crippen LogP contribution in [0.1, 0.15) is 15.9 Å². The normalized spacial score (nSPS) is 11.2. The Morgan fingerprint density at radius 2 is 1.49 bits per heavy atom. The van der Waals surface area contributed by atoms with Gasteiger partial charge >= 0.3 is 11.9 Å². The van der Waals surface area contributed by atoms with Crippen LogP contribution in [-0.2, 0) is 26.0 Å². The number of sulfonamides is 1. The van der Waals surface area contributed by atoms with E-state index in [1.807, 2.05) is 0 Å². The fraction of sp³-hybridized carbons (Fsp3) is 0.0870. The largest absolute Gasteiger partial charge is 0.481 e. The third-order valence-electron chi connectivity index (χ3n) is 4.82. The van der Waals surface area contributed by atoms with Gasteiger partial charge < -0.3 is 15.5 Å². The van der Waals surface area contributed by atoms with Crippen molar-refractivity contribution < 1.29 is 33.0 Å². The van der Waals surface area contributed by atoms with Crippen LogP contribution in [0.2, 0.25) is 10.0 Å². The zero-order chi connectivity index (χ0) is 25.8. The smallest absolute Gasteiger partial charge is 0.318 e. The summed E-state index contributed by atoms with van der Waals surface area (Å²) >= 11 is 11.9. The number of carboxylic acids is 2. The molecule has 35 heavy (non-hydrogen) atoms. The summed E-state index contributed by atoms with van der Waals surface area (Å²) in [6, 6.07) is 15.5. The van der Waals surface area contributed by atoms with Crippen molar-refractivity contribution in [2.45, 2.75) is 11.3 Å². The minimum atomic E-state index is -4.24. The van der Waals surface area contributed by atoms with Crippen LogP contribution in [0.15, 0.2) is 71.6 Å². The van der Waals surface area contributed by atoms with Crippen molar-refractivity contribution in [1.82, 2.24) is 0 Å². The molecule has 0 saturated heterocycles. The summed E-state index contributed by atoms with van der Waals surface area (Å²) in [5.74, 6) is -5.45. The Hall–Kier alpha value is -3.60. The van der Waals surface area contributed by atoms with Gasteiger partial charge in [0.05, 0.1) is 16.1 Å². The second kappa shape index (κ2) is 10.8. The van der Waals surface area contributed by atoms with E-state index in [0.717, 1.165) is 0 Å². The van der Waals surface area contributed by atoms with Crippen molar-refractivity contribution >= 4 is 62.4 Å². The Morgan fingerprint density at radius 1 is 0.857 bits per heavy atom. The van der Waals surface area contributed by atoms with Crippen LogP contribution in [0.25, 0.3) is 0 Å². The zero-order valence-corrected chi connectivity index (χ0v) is 20.1. The van der Waals surface area contributed by atoms with Gasteiger partial charge in [0.25, 0.3) is 15.9 Å². The van der Waals surface area contributed by atoms with Gasteiger partial charge in [-0.3, -0.25) is 19.1 Å². The predicted molar refractivity (Wildman–Crippen MR) is 131 cm³/mol. The average molecular weight is 537 g/mol. The predicted octanol–water partition coefficient (Wildman–Crippen LogP) is 4.37. The number of carbonyl (C=O) groups is 3. The van der Waals surface area contributed by atoms with Crippen LogP contribution >= 0.6 is 23.2 Å². The number of halogens is 2. The molecule has 0 heterocycles. The molecule has 182 valence electrons. The lowest BCUT2D eigenvalue weighted by molar-refractivity contribution is -0.154. The topological polar surface area (TPSA) is 150 Å². The molecule has 0 atom stereocenters. The van der Waals surface area contributed by atoms with E-state index in [2.05, 4.69) is 10.0 Å². The van der Waals surface area contributed by atoms with Crippen molar-refractivity contribution in [3.8, 4) is 0 Å². The zero-order valence-electron chi connectivity index (χ0n) is 17.7. The number of anilines is 2. The molecule has 1 amide bonds. The van der Waals surface area contributed by atoms with Crippen LogP contribution in [0, 0.1) is 5.92 Å². The molecule has 0 fully saturated rings. The van der Waals surface area contributed by atoms with E-state index in [0.29, 0.717) is 10.7 Å². The van der Waals surface area contributed by atoms with Crippen LogP contribution in [-0.4, -0.2) is 36.5 Å². The molecule has 0 aromatic heterocycles. The third kappa shape index (κ3) is 6.72. The van der Waals surface area contributed by atoms with Gasteiger partial charge in [-0.2, -0.15) is 0 Å². The lowest BCUT2D eigenvalue weighted by Crippen LogP contribution is -2.25. The molecule has 0 aliphatic heterocycles. The molecule has 3 aromatic carbocycles. The van der Waals surface area contributed by atoms with Gasteiger partial charge in [0, 0.05) is 15.7 Å². The second-order valence-electron chi connectivity index (χ2n) is 7.34. The number of amides is 1. The highest BCUT2D eigenvalue weighted by Gasteiger charge is 2.27. The number of benzene rings is 3. The summed E-state index contributed by atoms with van der Waals surface area (Å²) in [6.45, 7) is 0. The molecule has 3 rings (SSSR count). The van der Waals surface area contributed by atoms with Gasteiger partial charge in [-0.1, -0.05) is 35.3 Å². The van der Waals surface area contributed by atoms with Crippen molar-refractivity contribution in [3.05, 3.63) is 87.9 Å². The van der Waals surface area contributed by atoms with Crippen molar-refractivity contribution in [3.63, 3.8) is 0 Å². The summed E-state index contributed by atoms with van der Waals surface area (Å²) in [7, 11) is -4.24. The monoisotopic (exact) mass is 536 g/mol. The molecule has 0 unspecified atom stereocenters. The Kier molecular flexibility index (Phi) is 8.00. The second-order valence-corrected chi connectivity index (χ2v) is 9.89. The highest BCUT2D eigenvalue weighted by Crippen LogP contribution is 2.26. The third-order valence-corrected chi connectivity index (χ3v) is 6.67. The summed E-state index contributed by atoms with van der Waals surface area (Å²) in [5, 5.41) is 21.5. The Labute approximate surface area is 210 Å². The van der Waals surface area contributed by atoms with Gasteiger partial charge in [-0.05, 0) is 66.6 Å². The molecule has 0 aliphatic carbocycles. The van der Waals surface area contributed by atoms with E-state index in [1.54, 1.807) is 24.3 Å². The minimum Gasteiger partial charge on any atom is -0.481 e. The summed E-state index contributed by atoms with van der Waals surface area (Å²) in [5.41, 5.74) is 0.510. The van der Waals surface area contributed by atoms with Crippen molar-refractivity contribution in [1.29, 1.82) is 0 Å². The van der Waals surface area contributed by atoms with Gasteiger partial charge in [0.15, 0.2) is 5.92 Å². The first-order valence-corrected chi connectivity index (χ1v) is 12.1. The maximum absolute atomic E-state index is 13.0. The van der Waals surface area contributed by atoms with E-state index < -0.39 is 40.2 Å². The summed E-state index contributed by atoms with van der Waals surface area (Å²) < 4.78 is 28.4. The van der Waals surface area contributed by atoms with Gasteiger partial charge in [0.1, 0.15) is 0 Å². The minimum absolute atomic E-state index is 0.0519. The lowest BCUT2D eigenvalue weighted by Gasteiger charge is -2.14. The molecule has 0 radical (unpaired) electrons. The van der Waals surface area contributed by atoms with E-state index in [9.17, 15) is 22.8 Å². The molecule has 9 nitrogen and oxygen atoms in total. The lowest BCUT2D eigenvalue weighted by atomic mass is 10.00.